The van der Waals surface area contributed by atoms with E-state index in [-0.39, 0.29) is 16.7 Å². The van der Waals surface area contributed by atoms with Gasteiger partial charge in [0.05, 0.1) is 12.4 Å². The van der Waals surface area contributed by atoms with Gasteiger partial charge in [0.15, 0.2) is 8.32 Å². The zero-order valence-corrected chi connectivity index (χ0v) is 15.4. The van der Waals surface area contributed by atoms with Gasteiger partial charge in [-0.05, 0) is 30.5 Å². The maximum atomic E-state index is 10.7. The molecule has 1 unspecified atom stereocenters. The Kier molecular flexibility index (Phi) is 7.90. The van der Waals surface area contributed by atoms with Crippen molar-refractivity contribution in [1.29, 1.82) is 0 Å². The molecule has 0 bridgehead atoms. The first-order chi connectivity index (χ1) is 8.85. The van der Waals surface area contributed by atoms with Crippen LogP contribution >= 0.6 is 0 Å². The third-order valence-corrected chi connectivity index (χ3v) is 9.13. The van der Waals surface area contributed by atoms with Gasteiger partial charge in [-0.15, -0.1) is 0 Å². The van der Waals surface area contributed by atoms with Gasteiger partial charge in [-0.1, -0.05) is 27.7 Å². The van der Waals surface area contributed by atoms with Gasteiger partial charge in [0.2, 0.25) is 0 Å². The lowest BCUT2D eigenvalue weighted by molar-refractivity contribution is 0.0968. The van der Waals surface area contributed by atoms with Gasteiger partial charge in [-0.3, -0.25) is 4.55 Å². The predicted octanol–water partition coefficient (Wildman–Crippen LogP) is 2.94. The molecule has 0 aromatic carbocycles. The number of rotatable bonds is 9. The fourth-order valence-electron chi connectivity index (χ4n) is 1.40. The molecule has 0 heterocycles. The van der Waals surface area contributed by atoms with E-state index in [2.05, 4.69) is 33.9 Å². The molecule has 1 N–H and O–H groups in total. The highest BCUT2D eigenvalue weighted by Gasteiger charge is 2.36. The molecular weight excluding hydrogens is 296 g/mol. The zero-order valence-electron chi connectivity index (χ0n) is 13.6. The van der Waals surface area contributed by atoms with Gasteiger partial charge in [0.25, 0.3) is 10.1 Å². The van der Waals surface area contributed by atoms with Crippen LogP contribution in [0.5, 0.6) is 0 Å². The molecule has 0 fully saturated rings. The molecule has 20 heavy (non-hydrogen) atoms. The van der Waals surface area contributed by atoms with Gasteiger partial charge in [-0.25, -0.2) is 0 Å². The Morgan fingerprint density at radius 2 is 1.75 bits per heavy atom. The van der Waals surface area contributed by atoms with Gasteiger partial charge < -0.3 is 9.16 Å². The smallest absolute Gasteiger partial charge is 0.265 e. The average molecular weight is 327 g/mol. The molecule has 7 heteroatoms. The molecule has 0 spiro atoms. The van der Waals surface area contributed by atoms with E-state index in [1.807, 2.05) is 0 Å². The van der Waals surface area contributed by atoms with Crippen LogP contribution in [0.1, 0.15) is 34.1 Å². The maximum absolute atomic E-state index is 10.7. The Labute approximate surface area is 124 Å². The van der Waals surface area contributed by atoms with Crippen molar-refractivity contribution < 1.29 is 22.1 Å². The number of ether oxygens (including phenoxy) is 1. The van der Waals surface area contributed by atoms with E-state index < -0.39 is 18.4 Å². The molecule has 0 saturated carbocycles. The van der Waals surface area contributed by atoms with Crippen LogP contribution in [0.3, 0.4) is 0 Å². The summed E-state index contributed by atoms with van der Waals surface area (Å²) in [5, 5.41) is 0.206. The monoisotopic (exact) mass is 326 g/mol. The minimum Gasteiger partial charge on any atom is -0.417 e. The summed E-state index contributed by atoms with van der Waals surface area (Å²) in [6, 6.07) is 0. The van der Waals surface area contributed by atoms with Crippen LogP contribution in [-0.2, 0) is 19.3 Å². The van der Waals surface area contributed by atoms with E-state index in [0.717, 1.165) is 6.42 Å². The van der Waals surface area contributed by atoms with E-state index in [0.29, 0.717) is 19.8 Å². The third kappa shape index (κ3) is 9.07. The summed E-state index contributed by atoms with van der Waals surface area (Å²) in [6.07, 6.45) is 0.797. The molecule has 0 rings (SSSR count). The second-order valence-corrected chi connectivity index (χ2v) is 13.2. The fraction of sp³-hybridized carbons (Fsp3) is 1.00. The van der Waals surface area contributed by atoms with Crippen molar-refractivity contribution >= 4 is 18.4 Å². The zero-order chi connectivity index (χ0) is 16.0. The van der Waals surface area contributed by atoms with Crippen LogP contribution in [-0.4, -0.2) is 46.9 Å². The lowest BCUT2D eigenvalue weighted by atomic mass is 10.2. The summed E-state index contributed by atoms with van der Waals surface area (Å²) >= 11 is 0. The van der Waals surface area contributed by atoms with Crippen molar-refractivity contribution in [3.05, 3.63) is 0 Å². The second-order valence-electron chi connectivity index (χ2n) is 6.89. The molecule has 0 amide bonds. The third-order valence-electron chi connectivity index (χ3n) is 3.60. The van der Waals surface area contributed by atoms with Crippen molar-refractivity contribution in [2.75, 3.05) is 25.6 Å². The SMILES string of the molecule is CC(COCCCO[Si](C)(C)C(C)(C)C)CS(=O)(=O)O. The summed E-state index contributed by atoms with van der Waals surface area (Å²) < 4.78 is 41.4. The summed E-state index contributed by atoms with van der Waals surface area (Å²) in [7, 11) is -5.59. The minimum absolute atomic E-state index is 0.202. The van der Waals surface area contributed by atoms with Crippen molar-refractivity contribution in [2.45, 2.75) is 52.2 Å². The Bertz CT molecular complexity index is 373. The highest BCUT2D eigenvalue weighted by atomic mass is 32.2. The predicted molar refractivity (Wildman–Crippen MR) is 84.2 cm³/mol. The van der Waals surface area contributed by atoms with Crippen LogP contribution < -0.4 is 0 Å². The van der Waals surface area contributed by atoms with Crippen LogP contribution in [0.25, 0.3) is 0 Å². The van der Waals surface area contributed by atoms with E-state index in [9.17, 15) is 8.42 Å². The topological polar surface area (TPSA) is 72.8 Å². The molecule has 0 aromatic rings. The summed E-state index contributed by atoms with van der Waals surface area (Å²) in [6.45, 7) is 14.3. The minimum atomic E-state index is -3.91. The van der Waals surface area contributed by atoms with E-state index in [1.165, 1.54) is 0 Å². The molecule has 0 aliphatic carbocycles. The highest BCUT2D eigenvalue weighted by molar-refractivity contribution is 7.85. The second kappa shape index (κ2) is 7.89. The normalized spacial score (nSPS) is 15.3. The van der Waals surface area contributed by atoms with Crippen LogP contribution in [0.15, 0.2) is 0 Å². The number of hydrogen-bond acceptors (Lipinski definition) is 4. The first-order valence-electron chi connectivity index (χ1n) is 7.02. The molecule has 0 aliphatic rings. The summed E-state index contributed by atoms with van der Waals surface area (Å²) in [5.41, 5.74) is 0. The van der Waals surface area contributed by atoms with E-state index in [1.54, 1.807) is 6.92 Å². The van der Waals surface area contributed by atoms with Gasteiger partial charge in [-0.2, -0.15) is 8.42 Å². The molecule has 0 radical (unpaired) electrons. The summed E-state index contributed by atoms with van der Waals surface area (Å²) in [4.78, 5) is 0. The largest absolute Gasteiger partial charge is 0.417 e. The van der Waals surface area contributed by atoms with Crippen LogP contribution in [0.4, 0.5) is 0 Å². The first kappa shape index (κ1) is 20.0. The Morgan fingerprint density at radius 1 is 1.20 bits per heavy atom. The van der Waals surface area contributed by atoms with Gasteiger partial charge in [0.1, 0.15) is 0 Å². The van der Waals surface area contributed by atoms with Crippen molar-refractivity contribution in [2.24, 2.45) is 5.92 Å². The Hall–Kier alpha value is 0.0469. The Balaban J connectivity index is 3.74. The maximum Gasteiger partial charge on any atom is 0.265 e. The van der Waals surface area contributed by atoms with E-state index in [4.69, 9.17) is 13.7 Å². The van der Waals surface area contributed by atoms with Gasteiger partial charge >= 0.3 is 0 Å². The molecule has 122 valence electrons. The summed E-state index contributed by atoms with van der Waals surface area (Å²) in [5.74, 6) is -0.459. The molecule has 1 atom stereocenters. The quantitative estimate of drug-likeness (QED) is 0.401. The molecule has 5 nitrogen and oxygen atoms in total. The molecule has 0 aliphatic heterocycles. The molecule has 0 saturated heterocycles. The average Bonchev–Trinajstić information content (AvgIpc) is 2.18. The Morgan fingerprint density at radius 3 is 2.20 bits per heavy atom. The molecule has 0 aromatic heterocycles. The lowest BCUT2D eigenvalue weighted by Crippen LogP contribution is -2.41. The van der Waals surface area contributed by atoms with Crippen molar-refractivity contribution in [3.63, 3.8) is 0 Å². The first-order valence-corrected chi connectivity index (χ1v) is 11.5. The molecular formula is C13H30O5SSi. The highest BCUT2D eigenvalue weighted by Crippen LogP contribution is 2.36. The van der Waals surface area contributed by atoms with E-state index >= 15 is 0 Å². The van der Waals surface area contributed by atoms with Crippen molar-refractivity contribution in [3.8, 4) is 0 Å². The van der Waals surface area contributed by atoms with Gasteiger partial charge in [0, 0.05) is 13.2 Å². The lowest BCUT2D eigenvalue weighted by Gasteiger charge is -2.36. The fourth-order valence-corrected chi connectivity index (χ4v) is 3.30. The van der Waals surface area contributed by atoms with Crippen LogP contribution in [0, 0.1) is 5.92 Å². The van der Waals surface area contributed by atoms with Crippen molar-refractivity contribution in [1.82, 2.24) is 0 Å². The number of hydrogen-bond donors (Lipinski definition) is 1. The van der Waals surface area contributed by atoms with Crippen LogP contribution in [0.2, 0.25) is 18.1 Å². The standard InChI is InChI=1S/C13H30O5SSi/c1-12(11-19(14,15)16)10-17-8-7-9-18-20(5,6)13(2,3)4/h12H,7-11H2,1-6H3,(H,14,15,16).